The number of piperazine rings is 1. The Kier molecular flexibility index (Phi) is 6.77. The van der Waals surface area contributed by atoms with E-state index in [1.165, 1.54) is 6.20 Å². The lowest BCUT2D eigenvalue weighted by Gasteiger charge is -2.27. The predicted molar refractivity (Wildman–Crippen MR) is 135 cm³/mol. The van der Waals surface area contributed by atoms with Gasteiger partial charge < -0.3 is 24.8 Å². The molecule has 0 radical (unpaired) electrons. The number of anilines is 1. The number of rotatable bonds is 5. The van der Waals surface area contributed by atoms with Gasteiger partial charge >= 0.3 is 6.18 Å². The summed E-state index contributed by atoms with van der Waals surface area (Å²) in [6, 6.07) is 14.4. The molecule has 38 heavy (non-hydrogen) atoms. The third-order valence-electron chi connectivity index (χ3n) is 6.33. The number of hydrogen-bond acceptors (Lipinski definition) is 5. The van der Waals surface area contributed by atoms with E-state index in [2.05, 4.69) is 15.6 Å². The molecule has 3 heterocycles. The van der Waals surface area contributed by atoms with Gasteiger partial charge in [-0.1, -0.05) is 0 Å². The van der Waals surface area contributed by atoms with Crippen LogP contribution < -0.4 is 15.4 Å². The molecule has 11 heteroatoms. The SMILES string of the molecule is Cn1c(C(=O)N2CCNCC2)cc2cc(Oc3ccc(NC(=O)c4ccc(C(F)(F)F)cc4)cn3)ccc21. The Bertz CT molecular complexity index is 1480. The van der Waals surface area contributed by atoms with E-state index in [-0.39, 0.29) is 17.4 Å². The van der Waals surface area contributed by atoms with Crippen molar-refractivity contribution in [3.05, 3.63) is 83.7 Å². The summed E-state index contributed by atoms with van der Waals surface area (Å²) in [5.41, 5.74) is 1.12. The van der Waals surface area contributed by atoms with Gasteiger partial charge in [-0.25, -0.2) is 4.98 Å². The number of pyridine rings is 1. The quantitative estimate of drug-likeness (QED) is 0.397. The number of ether oxygens (including phenoxy) is 1. The van der Waals surface area contributed by atoms with Crippen LogP contribution in [-0.2, 0) is 13.2 Å². The molecule has 2 N–H and O–H groups in total. The van der Waals surface area contributed by atoms with Gasteiger partial charge in [0.15, 0.2) is 0 Å². The van der Waals surface area contributed by atoms with Crippen molar-refractivity contribution in [2.75, 3.05) is 31.5 Å². The number of alkyl halides is 3. The molecule has 0 bridgehead atoms. The largest absolute Gasteiger partial charge is 0.439 e. The number of carbonyl (C=O) groups is 2. The van der Waals surface area contributed by atoms with E-state index in [1.54, 1.807) is 18.2 Å². The summed E-state index contributed by atoms with van der Waals surface area (Å²) >= 11 is 0. The van der Waals surface area contributed by atoms with E-state index >= 15 is 0 Å². The minimum atomic E-state index is -4.47. The molecule has 2 amide bonds. The lowest BCUT2D eigenvalue weighted by Crippen LogP contribution is -2.46. The number of hydrogen-bond donors (Lipinski definition) is 2. The average molecular weight is 524 g/mol. The second kappa shape index (κ2) is 10.2. The molecule has 8 nitrogen and oxygen atoms in total. The normalized spacial score (nSPS) is 13.9. The minimum Gasteiger partial charge on any atom is -0.439 e. The molecule has 2 aromatic carbocycles. The highest BCUT2D eigenvalue weighted by Gasteiger charge is 2.30. The first-order chi connectivity index (χ1) is 18.2. The first-order valence-electron chi connectivity index (χ1n) is 11.9. The number of amides is 2. The number of carbonyl (C=O) groups excluding carboxylic acids is 2. The molecule has 1 fully saturated rings. The smallest absolute Gasteiger partial charge is 0.416 e. The van der Waals surface area contributed by atoms with E-state index in [0.29, 0.717) is 30.2 Å². The third kappa shape index (κ3) is 5.32. The topological polar surface area (TPSA) is 88.5 Å². The molecule has 1 aliphatic rings. The Morgan fingerprint density at radius 2 is 1.74 bits per heavy atom. The fraction of sp³-hybridized carbons (Fsp3) is 0.222. The number of fused-ring (bicyclic) bond motifs is 1. The van der Waals surface area contributed by atoms with Crippen LogP contribution in [-0.4, -0.2) is 52.4 Å². The third-order valence-corrected chi connectivity index (χ3v) is 6.33. The van der Waals surface area contributed by atoms with Gasteiger partial charge in [-0.05, 0) is 54.6 Å². The number of nitrogens with one attached hydrogen (secondary N) is 2. The summed E-state index contributed by atoms with van der Waals surface area (Å²) in [5.74, 6) is 0.237. The van der Waals surface area contributed by atoms with Gasteiger partial charge in [0, 0.05) is 55.8 Å². The van der Waals surface area contributed by atoms with Gasteiger partial charge in [0.2, 0.25) is 5.88 Å². The van der Waals surface area contributed by atoms with Gasteiger partial charge in [0.25, 0.3) is 11.8 Å². The van der Waals surface area contributed by atoms with Crippen LogP contribution in [0.3, 0.4) is 0 Å². The van der Waals surface area contributed by atoms with Crippen molar-refractivity contribution in [2.24, 2.45) is 7.05 Å². The van der Waals surface area contributed by atoms with Crippen molar-refractivity contribution < 1.29 is 27.5 Å². The van der Waals surface area contributed by atoms with Crippen LogP contribution in [0.5, 0.6) is 11.6 Å². The van der Waals surface area contributed by atoms with Gasteiger partial charge in [0.05, 0.1) is 17.4 Å². The first kappa shape index (κ1) is 25.3. The number of nitrogens with zero attached hydrogens (tertiary/aromatic N) is 3. The van der Waals surface area contributed by atoms with E-state index in [4.69, 9.17) is 4.74 Å². The molecular weight excluding hydrogens is 499 g/mol. The zero-order valence-corrected chi connectivity index (χ0v) is 20.4. The second-order valence-electron chi connectivity index (χ2n) is 8.87. The number of benzene rings is 2. The van der Waals surface area contributed by atoms with Crippen molar-refractivity contribution in [1.82, 2.24) is 19.8 Å². The second-order valence-corrected chi connectivity index (χ2v) is 8.87. The van der Waals surface area contributed by atoms with Crippen LogP contribution in [0.25, 0.3) is 10.9 Å². The minimum absolute atomic E-state index is 0.0109. The molecule has 1 saturated heterocycles. The Hall–Kier alpha value is -4.38. The van der Waals surface area contributed by atoms with Gasteiger partial charge in [-0.3, -0.25) is 9.59 Å². The summed E-state index contributed by atoms with van der Waals surface area (Å²) in [5, 5.41) is 6.69. The number of halogens is 3. The number of aryl methyl sites for hydroxylation is 1. The summed E-state index contributed by atoms with van der Waals surface area (Å²) in [7, 11) is 1.86. The zero-order chi connectivity index (χ0) is 26.9. The Labute approximate surface area is 216 Å². The molecule has 5 rings (SSSR count). The Balaban J connectivity index is 1.25. The van der Waals surface area contributed by atoms with Crippen LogP contribution in [0.2, 0.25) is 0 Å². The lowest BCUT2D eigenvalue weighted by molar-refractivity contribution is -0.137. The summed E-state index contributed by atoms with van der Waals surface area (Å²) in [4.78, 5) is 31.4. The summed E-state index contributed by atoms with van der Waals surface area (Å²) in [6.45, 7) is 2.89. The van der Waals surface area contributed by atoms with Crippen molar-refractivity contribution in [1.29, 1.82) is 0 Å². The molecule has 2 aromatic heterocycles. The maximum atomic E-state index is 13.0. The van der Waals surface area contributed by atoms with Gasteiger partial charge in [-0.15, -0.1) is 0 Å². The molecule has 0 atom stereocenters. The van der Waals surface area contributed by atoms with Gasteiger partial charge in [0.1, 0.15) is 11.4 Å². The van der Waals surface area contributed by atoms with E-state index < -0.39 is 17.6 Å². The zero-order valence-electron chi connectivity index (χ0n) is 20.4. The maximum Gasteiger partial charge on any atom is 0.416 e. The number of aromatic nitrogens is 2. The van der Waals surface area contributed by atoms with Crippen molar-refractivity contribution in [3.63, 3.8) is 0 Å². The average Bonchev–Trinajstić information content (AvgIpc) is 3.25. The van der Waals surface area contributed by atoms with Crippen molar-refractivity contribution >= 4 is 28.4 Å². The molecule has 4 aromatic rings. The Morgan fingerprint density at radius 1 is 1.00 bits per heavy atom. The highest BCUT2D eigenvalue weighted by molar-refractivity contribution is 6.04. The summed E-state index contributed by atoms with van der Waals surface area (Å²) < 4.78 is 45.9. The monoisotopic (exact) mass is 523 g/mol. The van der Waals surface area contributed by atoms with E-state index in [9.17, 15) is 22.8 Å². The van der Waals surface area contributed by atoms with E-state index in [0.717, 1.165) is 48.3 Å². The van der Waals surface area contributed by atoms with Crippen LogP contribution in [0.15, 0.2) is 66.9 Å². The first-order valence-corrected chi connectivity index (χ1v) is 11.9. The molecule has 0 spiro atoms. The predicted octanol–water partition coefficient (Wildman–Crippen LogP) is 4.68. The molecule has 1 aliphatic heterocycles. The standard InChI is InChI=1S/C27H24F3N5O3/c1-34-22-8-7-21(14-18(22)15-23(34)26(37)35-12-10-31-11-13-35)38-24-9-6-20(16-32-24)33-25(36)17-2-4-19(5-3-17)27(28,29)30/h2-9,14-16,31H,10-13H2,1H3,(H,33,36). The molecular formula is C27H24F3N5O3. The van der Waals surface area contributed by atoms with Crippen LogP contribution in [0.4, 0.5) is 18.9 Å². The lowest BCUT2D eigenvalue weighted by atomic mass is 10.1. The Morgan fingerprint density at radius 3 is 2.39 bits per heavy atom. The summed E-state index contributed by atoms with van der Waals surface area (Å²) in [6.07, 6.45) is -3.08. The van der Waals surface area contributed by atoms with Crippen LogP contribution in [0.1, 0.15) is 26.4 Å². The molecule has 196 valence electrons. The van der Waals surface area contributed by atoms with Crippen LogP contribution in [0, 0.1) is 0 Å². The van der Waals surface area contributed by atoms with Crippen molar-refractivity contribution in [2.45, 2.75) is 6.18 Å². The highest BCUT2D eigenvalue weighted by atomic mass is 19.4. The van der Waals surface area contributed by atoms with Crippen LogP contribution >= 0.6 is 0 Å². The van der Waals surface area contributed by atoms with Crippen molar-refractivity contribution in [3.8, 4) is 11.6 Å². The molecule has 0 aliphatic carbocycles. The molecule has 0 unspecified atom stereocenters. The molecule has 0 saturated carbocycles. The fourth-order valence-corrected chi connectivity index (χ4v) is 4.28. The van der Waals surface area contributed by atoms with Gasteiger partial charge in [-0.2, -0.15) is 13.2 Å². The maximum absolute atomic E-state index is 13.0. The highest BCUT2D eigenvalue weighted by Crippen LogP contribution is 2.30. The van der Waals surface area contributed by atoms with E-state index in [1.807, 2.05) is 34.7 Å². The fourth-order valence-electron chi connectivity index (χ4n) is 4.28.